The molecule has 4 nitrogen and oxygen atoms in total. The zero-order valence-electron chi connectivity index (χ0n) is 9.72. The summed E-state index contributed by atoms with van der Waals surface area (Å²) in [6.45, 7) is 0.661. The zero-order chi connectivity index (χ0) is 12.3. The van der Waals surface area contributed by atoms with Crippen molar-refractivity contribution in [2.75, 3.05) is 13.7 Å². The normalized spacial score (nSPS) is 18.8. The number of ether oxygens (including phenoxy) is 1. The maximum atomic E-state index is 12.2. The summed E-state index contributed by atoms with van der Waals surface area (Å²) >= 11 is 0. The molecule has 0 spiro atoms. The summed E-state index contributed by atoms with van der Waals surface area (Å²) in [6, 6.07) is 8.91. The van der Waals surface area contributed by atoms with Crippen molar-refractivity contribution in [1.29, 1.82) is 5.26 Å². The molecule has 1 saturated heterocycles. The number of likely N-dealkylation sites (tertiary alicyclic amines) is 1. The number of hydrogen-bond donors (Lipinski definition) is 0. The van der Waals surface area contributed by atoms with Crippen LogP contribution in [0, 0.1) is 11.3 Å². The zero-order valence-corrected chi connectivity index (χ0v) is 9.72. The number of carbonyl (C=O) groups excluding carboxylic acids is 1. The number of nitriles is 1. The van der Waals surface area contributed by atoms with Gasteiger partial charge in [-0.05, 0) is 31.0 Å². The van der Waals surface area contributed by atoms with Gasteiger partial charge in [0.1, 0.15) is 11.8 Å². The molecule has 2 rings (SSSR count). The molecule has 0 N–H and O–H groups in total. The lowest BCUT2D eigenvalue weighted by Gasteiger charge is -2.19. The second-order valence-corrected chi connectivity index (χ2v) is 4.02. The van der Waals surface area contributed by atoms with E-state index in [1.54, 1.807) is 36.3 Å². The molecule has 4 heteroatoms. The Morgan fingerprint density at radius 3 is 3.12 bits per heavy atom. The number of carbonyl (C=O) groups is 1. The summed E-state index contributed by atoms with van der Waals surface area (Å²) < 4.78 is 5.09. The van der Waals surface area contributed by atoms with Crippen LogP contribution in [0.3, 0.4) is 0 Å². The van der Waals surface area contributed by atoms with Crippen molar-refractivity contribution >= 4 is 5.91 Å². The summed E-state index contributed by atoms with van der Waals surface area (Å²) in [5, 5.41) is 8.96. The molecule has 1 unspecified atom stereocenters. The molecule has 17 heavy (non-hydrogen) atoms. The second-order valence-electron chi connectivity index (χ2n) is 4.02. The number of amides is 1. The van der Waals surface area contributed by atoms with Gasteiger partial charge in [0.15, 0.2) is 0 Å². The summed E-state index contributed by atoms with van der Waals surface area (Å²) in [5.74, 6) is 0.566. The first-order valence-corrected chi connectivity index (χ1v) is 5.61. The molecule has 0 aromatic heterocycles. The first-order chi connectivity index (χ1) is 8.26. The minimum absolute atomic E-state index is 0.0899. The van der Waals surface area contributed by atoms with E-state index in [1.807, 2.05) is 0 Å². The quantitative estimate of drug-likeness (QED) is 0.778. The minimum Gasteiger partial charge on any atom is -0.497 e. The van der Waals surface area contributed by atoms with Gasteiger partial charge in [-0.2, -0.15) is 5.26 Å². The fraction of sp³-hybridized carbons (Fsp3) is 0.385. The lowest BCUT2D eigenvalue weighted by Crippen LogP contribution is -2.34. The van der Waals surface area contributed by atoms with Gasteiger partial charge in [0.05, 0.1) is 13.2 Å². The van der Waals surface area contributed by atoms with Crippen molar-refractivity contribution in [1.82, 2.24) is 4.90 Å². The lowest BCUT2D eigenvalue weighted by molar-refractivity contribution is 0.0764. The fourth-order valence-corrected chi connectivity index (χ4v) is 2.07. The molecule has 0 saturated carbocycles. The van der Waals surface area contributed by atoms with Crippen LogP contribution in [0.4, 0.5) is 0 Å². The molecule has 88 valence electrons. The maximum Gasteiger partial charge on any atom is 0.255 e. The van der Waals surface area contributed by atoms with Gasteiger partial charge >= 0.3 is 0 Å². The molecule has 1 aliphatic heterocycles. The van der Waals surface area contributed by atoms with E-state index in [0.29, 0.717) is 17.9 Å². The molecule has 0 aliphatic carbocycles. The Morgan fingerprint density at radius 2 is 2.41 bits per heavy atom. The highest BCUT2D eigenvalue weighted by Gasteiger charge is 2.29. The van der Waals surface area contributed by atoms with Crippen LogP contribution in [-0.4, -0.2) is 30.5 Å². The summed E-state index contributed by atoms with van der Waals surface area (Å²) in [5.41, 5.74) is 0.575. The molecule has 1 amide bonds. The average molecular weight is 230 g/mol. The van der Waals surface area contributed by atoms with Crippen molar-refractivity contribution in [3.8, 4) is 11.8 Å². The van der Waals surface area contributed by atoms with Gasteiger partial charge in [-0.15, -0.1) is 0 Å². The molecule has 1 atom stereocenters. The average Bonchev–Trinajstić information content (AvgIpc) is 2.86. The van der Waals surface area contributed by atoms with Crippen LogP contribution >= 0.6 is 0 Å². The summed E-state index contributed by atoms with van der Waals surface area (Å²) in [4.78, 5) is 13.8. The lowest BCUT2D eigenvalue weighted by atomic mass is 10.1. The van der Waals surface area contributed by atoms with Crippen molar-refractivity contribution in [3.63, 3.8) is 0 Å². The van der Waals surface area contributed by atoms with E-state index in [9.17, 15) is 4.79 Å². The van der Waals surface area contributed by atoms with Gasteiger partial charge in [0.25, 0.3) is 5.91 Å². The second kappa shape index (κ2) is 4.88. The van der Waals surface area contributed by atoms with Gasteiger partial charge in [-0.25, -0.2) is 0 Å². The summed E-state index contributed by atoms with van der Waals surface area (Å²) in [6.07, 6.45) is 1.67. The third kappa shape index (κ3) is 2.23. The molecular weight excluding hydrogens is 216 g/mol. The standard InChI is InChI=1S/C13H14N2O2/c1-17-12-6-2-4-10(8-12)13(16)15-7-3-5-11(15)9-14/h2,4,6,8,11H,3,5,7H2,1H3. The SMILES string of the molecule is COc1cccc(C(=O)N2CCCC2C#N)c1. The van der Waals surface area contributed by atoms with E-state index in [4.69, 9.17) is 10.00 Å². The van der Waals surface area contributed by atoms with Crippen molar-refractivity contribution in [3.05, 3.63) is 29.8 Å². The molecule has 0 radical (unpaired) electrons. The third-order valence-corrected chi connectivity index (χ3v) is 2.98. The number of benzene rings is 1. The Balaban J connectivity index is 2.22. The highest BCUT2D eigenvalue weighted by Crippen LogP contribution is 2.21. The Bertz CT molecular complexity index is 465. The van der Waals surface area contributed by atoms with Crippen molar-refractivity contribution in [2.45, 2.75) is 18.9 Å². The van der Waals surface area contributed by atoms with E-state index in [1.165, 1.54) is 0 Å². The largest absolute Gasteiger partial charge is 0.497 e. The monoisotopic (exact) mass is 230 g/mol. The van der Waals surface area contributed by atoms with Crippen LogP contribution in [0.25, 0.3) is 0 Å². The highest BCUT2D eigenvalue weighted by atomic mass is 16.5. The van der Waals surface area contributed by atoms with Crippen LogP contribution in [0.15, 0.2) is 24.3 Å². The van der Waals surface area contributed by atoms with E-state index in [0.717, 1.165) is 12.8 Å². The van der Waals surface area contributed by atoms with Crippen LogP contribution in [0.1, 0.15) is 23.2 Å². The molecule has 1 aliphatic rings. The van der Waals surface area contributed by atoms with Gasteiger partial charge in [0.2, 0.25) is 0 Å². The summed E-state index contributed by atoms with van der Waals surface area (Å²) in [7, 11) is 1.57. The minimum atomic E-state index is -0.284. The van der Waals surface area contributed by atoms with Crippen LogP contribution in [0.5, 0.6) is 5.75 Å². The van der Waals surface area contributed by atoms with Gasteiger partial charge in [-0.3, -0.25) is 4.79 Å². The smallest absolute Gasteiger partial charge is 0.255 e. The van der Waals surface area contributed by atoms with Gasteiger partial charge < -0.3 is 9.64 Å². The predicted octanol–water partition coefficient (Wildman–Crippen LogP) is 1.82. The van der Waals surface area contributed by atoms with E-state index in [-0.39, 0.29) is 11.9 Å². The van der Waals surface area contributed by atoms with Crippen molar-refractivity contribution < 1.29 is 9.53 Å². The molecule has 1 heterocycles. The molecular formula is C13H14N2O2. The Hall–Kier alpha value is -2.02. The molecule has 0 bridgehead atoms. The maximum absolute atomic E-state index is 12.2. The number of nitrogens with zero attached hydrogens (tertiary/aromatic N) is 2. The molecule has 1 fully saturated rings. The topological polar surface area (TPSA) is 53.3 Å². The van der Waals surface area contributed by atoms with Crippen molar-refractivity contribution in [2.24, 2.45) is 0 Å². The number of methoxy groups -OCH3 is 1. The third-order valence-electron chi connectivity index (χ3n) is 2.98. The fourth-order valence-electron chi connectivity index (χ4n) is 2.07. The predicted molar refractivity (Wildman–Crippen MR) is 62.7 cm³/mol. The molecule has 1 aromatic carbocycles. The van der Waals surface area contributed by atoms with E-state index >= 15 is 0 Å². The first kappa shape index (κ1) is 11.5. The molecule has 1 aromatic rings. The van der Waals surface area contributed by atoms with E-state index in [2.05, 4.69) is 6.07 Å². The van der Waals surface area contributed by atoms with Gasteiger partial charge in [0, 0.05) is 12.1 Å². The van der Waals surface area contributed by atoms with Crippen LogP contribution < -0.4 is 4.74 Å². The number of rotatable bonds is 2. The van der Waals surface area contributed by atoms with E-state index < -0.39 is 0 Å². The van der Waals surface area contributed by atoms with Crippen LogP contribution in [-0.2, 0) is 0 Å². The highest BCUT2D eigenvalue weighted by molar-refractivity contribution is 5.95. The Kier molecular flexibility index (Phi) is 3.29. The number of hydrogen-bond acceptors (Lipinski definition) is 3. The first-order valence-electron chi connectivity index (χ1n) is 5.61. The Morgan fingerprint density at radius 1 is 1.59 bits per heavy atom. The Labute approximate surface area is 100 Å². The van der Waals surface area contributed by atoms with Crippen LogP contribution in [0.2, 0.25) is 0 Å². The van der Waals surface area contributed by atoms with Gasteiger partial charge in [-0.1, -0.05) is 6.07 Å².